The van der Waals surface area contributed by atoms with E-state index in [1.807, 2.05) is 12.1 Å². The third-order valence-electron chi connectivity index (χ3n) is 1.67. The van der Waals surface area contributed by atoms with Gasteiger partial charge >= 0.3 is 0 Å². The molecule has 0 aliphatic carbocycles. The van der Waals surface area contributed by atoms with Gasteiger partial charge in [0.1, 0.15) is 5.00 Å². The quantitative estimate of drug-likeness (QED) is 0.849. The minimum atomic E-state index is 0.703. The maximum Gasteiger partial charge on any atom is 0.171 e. The van der Waals surface area contributed by atoms with Crippen molar-refractivity contribution in [3.8, 4) is 10.8 Å². The van der Waals surface area contributed by atoms with Crippen LogP contribution in [0.3, 0.4) is 0 Å². The fourth-order valence-electron chi connectivity index (χ4n) is 1.03. The van der Waals surface area contributed by atoms with E-state index in [9.17, 15) is 0 Å². The standard InChI is InChI=1S/C8H6BrClN2OS/c1-13-5-4-11-12(8(5)9)7-3-2-6(10)14-7/h2-4H,1H3. The Morgan fingerprint density at radius 3 is 2.86 bits per heavy atom. The monoisotopic (exact) mass is 292 g/mol. The van der Waals surface area contributed by atoms with Crippen LogP contribution >= 0.6 is 38.9 Å². The molecule has 0 aliphatic rings. The smallest absolute Gasteiger partial charge is 0.171 e. The number of aromatic nitrogens is 2. The van der Waals surface area contributed by atoms with Gasteiger partial charge < -0.3 is 4.74 Å². The second kappa shape index (κ2) is 3.92. The second-order valence-electron chi connectivity index (χ2n) is 2.49. The zero-order chi connectivity index (χ0) is 10.1. The topological polar surface area (TPSA) is 27.1 Å². The SMILES string of the molecule is COc1cnn(-c2ccc(Cl)s2)c1Br. The van der Waals surface area contributed by atoms with Gasteiger partial charge in [-0.15, -0.1) is 11.3 Å². The van der Waals surface area contributed by atoms with Gasteiger partial charge in [0, 0.05) is 0 Å². The van der Waals surface area contributed by atoms with Gasteiger partial charge in [-0.25, -0.2) is 4.68 Å². The van der Waals surface area contributed by atoms with E-state index in [1.54, 1.807) is 18.0 Å². The predicted molar refractivity (Wildman–Crippen MR) is 60.7 cm³/mol. The average molecular weight is 294 g/mol. The first-order valence-electron chi connectivity index (χ1n) is 3.75. The molecule has 74 valence electrons. The lowest BCUT2D eigenvalue weighted by Gasteiger charge is -1.99. The fourth-order valence-corrected chi connectivity index (χ4v) is 2.69. The van der Waals surface area contributed by atoms with Crippen molar-refractivity contribution in [3.05, 3.63) is 27.3 Å². The van der Waals surface area contributed by atoms with E-state index in [0.29, 0.717) is 5.75 Å². The largest absolute Gasteiger partial charge is 0.492 e. The molecule has 2 heterocycles. The number of hydrogen-bond donors (Lipinski definition) is 0. The normalized spacial score (nSPS) is 10.5. The molecule has 14 heavy (non-hydrogen) atoms. The maximum atomic E-state index is 5.83. The lowest BCUT2D eigenvalue weighted by Crippen LogP contribution is -1.92. The number of nitrogens with zero attached hydrogens (tertiary/aromatic N) is 2. The zero-order valence-corrected chi connectivity index (χ0v) is 10.4. The van der Waals surface area contributed by atoms with Crippen LogP contribution in [-0.4, -0.2) is 16.9 Å². The molecule has 0 saturated heterocycles. The Kier molecular flexibility index (Phi) is 2.80. The van der Waals surface area contributed by atoms with Gasteiger partial charge in [0.25, 0.3) is 0 Å². The Balaban J connectivity index is 2.46. The summed E-state index contributed by atoms with van der Waals surface area (Å²) in [5.74, 6) is 0.703. The molecule has 0 amide bonds. The summed E-state index contributed by atoms with van der Waals surface area (Å²) < 4.78 is 8.35. The van der Waals surface area contributed by atoms with E-state index in [1.165, 1.54) is 11.3 Å². The molecule has 6 heteroatoms. The molecule has 3 nitrogen and oxygen atoms in total. The molecule has 0 saturated carbocycles. The van der Waals surface area contributed by atoms with Crippen LogP contribution in [0.25, 0.3) is 5.00 Å². The van der Waals surface area contributed by atoms with Crippen LogP contribution in [0.1, 0.15) is 0 Å². The Bertz CT molecular complexity index is 454. The molecular weight excluding hydrogens is 288 g/mol. The molecule has 0 atom stereocenters. The fraction of sp³-hybridized carbons (Fsp3) is 0.125. The molecule has 0 N–H and O–H groups in total. The van der Waals surface area contributed by atoms with Gasteiger partial charge in [-0.05, 0) is 28.1 Å². The van der Waals surface area contributed by atoms with Crippen LogP contribution in [0.4, 0.5) is 0 Å². The van der Waals surface area contributed by atoms with Crippen LogP contribution in [0, 0.1) is 0 Å². The van der Waals surface area contributed by atoms with Crippen molar-refractivity contribution in [2.75, 3.05) is 7.11 Å². The summed E-state index contributed by atoms with van der Waals surface area (Å²) in [5.41, 5.74) is 0. The van der Waals surface area contributed by atoms with Crippen molar-refractivity contribution in [2.45, 2.75) is 0 Å². The first kappa shape index (κ1) is 10.0. The molecule has 0 bridgehead atoms. The van der Waals surface area contributed by atoms with Crippen LogP contribution in [0.5, 0.6) is 5.75 Å². The summed E-state index contributed by atoms with van der Waals surface area (Å²) in [4.78, 5) is 0. The van der Waals surface area contributed by atoms with E-state index in [0.717, 1.165) is 13.9 Å². The summed E-state index contributed by atoms with van der Waals surface area (Å²) in [6, 6.07) is 3.74. The first-order valence-corrected chi connectivity index (χ1v) is 5.74. The minimum Gasteiger partial charge on any atom is -0.492 e. The van der Waals surface area contributed by atoms with Gasteiger partial charge in [-0.3, -0.25) is 0 Å². The minimum absolute atomic E-state index is 0.703. The highest BCUT2D eigenvalue weighted by Crippen LogP contribution is 2.31. The number of hydrogen-bond acceptors (Lipinski definition) is 3. The van der Waals surface area contributed by atoms with Crippen molar-refractivity contribution < 1.29 is 4.74 Å². The lowest BCUT2D eigenvalue weighted by molar-refractivity contribution is 0.412. The highest BCUT2D eigenvalue weighted by Gasteiger charge is 2.10. The van der Waals surface area contributed by atoms with Crippen molar-refractivity contribution in [1.82, 2.24) is 9.78 Å². The number of halogens is 2. The summed E-state index contributed by atoms with van der Waals surface area (Å²) in [6.07, 6.45) is 1.65. The van der Waals surface area contributed by atoms with Crippen LogP contribution in [-0.2, 0) is 0 Å². The third kappa shape index (κ3) is 1.67. The van der Waals surface area contributed by atoms with E-state index < -0.39 is 0 Å². The number of thiophene rings is 1. The Morgan fingerprint density at radius 1 is 1.57 bits per heavy atom. The van der Waals surface area contributed by atoms with Gasteiger partial charge in [0.2, 0.25) is 0 Å². The van der Waals surface area contributed by atoms with Gasteiger partial charge in [0.15, 0.2) is 10.4 Å². The van der Waals surface area contributed by atoms with Crippen molar-refractivity contribution in [1.29, 1.82) is 0 Å². The summed E-state index contributed by atoms with van der Waals surface area (Å²) in [7, 11) is 1.60. The van der Waals surface area contributed by atoms with Crippen molar-refractivity contribution >= 4 is 38.9 Å². The summed E-state index contributed by atoms with van der Waals surface area (Å²) in [5, 5.41) is 5.12. The number of ether oxygens (including phenoxy) is 1. The molecule has 2 aromatic heterocycles. The van der Waals surface area contributed by atoms with E-state index in [-0.39, 0.29) is 0 Å². The Morgan fingerprint density at radius 2 is 2.36 bits per heavy atom. The number of rotatable bonds is 2. The molecule has 0 fully saturated rings. The zero-order valence-electron chi connectivity index (χ0n) is 7.20. The highest BCUT2D eigenvalue weighted by atomic mass is 79.9. The first-order chi connectivity index (χ1) is 6.72. The van der Waals surface area contributed by atoms with Gasteiger partial charge in [-0.1, -0.05) is 11.6 Å². The second-order valence-corrected chi connectivity index (χ2v) is 4.94. The number of methoxy groups -OCH3 is 1. The molecule has 0 radical (unpaired) electrons. The predicted octanol–water partition coefficient (Wildman–Crippen LogP) is 3.36. The summed E-state index contributed by atoms with van der Waals surface area (Å²) in [6.45, 7) is 0. The molecule has 0 unspecified atom stereocenters. The average Bonchev–Trinajstić information content (AvgIpc) is 2.72. The third-order valence-corrected chi connectivity index (χ3v) is 3.60. The van der Waals surface area contributed by atoms with E-state index in [4.69, 9.17) is 16.3 Å². The molecule has 0 aliphatic heterocycles. The Labute approximate surface area is 98.4 Å². The Hall–Kier alpha value is -0.520. The highest BCUT2D eigenvalue weighted by molar-refractivity contribution is 9.10. The van der Waals surface area contributed by atoms with Crippen LogP contribution < -0.4 is 4.74 Å². The molecular formula is C8H6BrClN2OS. The van der Waals surface area contributed by atoms with Crippen molar-refractivity contribution in [3.63, 3.8) is 0 Å². The molecule has 2 rings (SSSR count). The van der Waals surface area contributed by atoms with E-state index >= 15 is 0 Å². The molecule has 0 spiro atoms. The summed E-state index contributed by atoms with van der Waals surface area (Å²) >= 11 is 10.7. The van der Waals surface area contributed by atoms with Gasteiger partial charge in [0.05, 0.1) is 17.6 Å². The maximum absolute atomic E-state index is 5.83. The van der Waals surface area contributed by atoms with Gasteiger partial charge in [-0.2, -0.15) is 5.10 Å². The van der Waals surface area contributed by atoms with Crippen LogP contribution in [0.15, 0.2) is 22.9 Å². The molecule has 0 aromatic carbocycles. The van der Waals surface area contributed by atoms with Crippen LogP contribution in [0.2, 0.25) is 4.34 Å². The van der Waals surface area contributed by atoms with E-state index in [2.05, 4.69) is 21.0 Å². The lowest BCUT2D eigenvalue weighted by atomic mass is 10.6. The molecule has 2 aromatic rings. The van der Waals surface area contributed by atoms with Crippen molar-refractivity contribution in [2.24, 2.45) is 0 Å².